The van der Waals surface area contributed by atoms with Crippen LogP contribution in [0.15, 0.2) is 0 Å². The van der Waals surface area contributed by atoms with Gasteiger partial charge in [-0.2, -0.15) is 5.26 Å². The molecule has 0 amide bonds. The molecule has 0 saturated heterocycles. The molecule has 0 radical (unpaired) electrons. The summed E-state index contributed by atoms with van der Waals surface area (Å²) in [6.45, 7) is 2.51. The van der Waals surface area contributed by atoms with Gasteiger partial charge >= 0.3 is 0 Å². The highest BCUT2D eigenvalue weighted by molar-refractivity contribution is 5.01. The number of hydrogen-bond donors (Lipinski definition) is 2. The standard InChI is InChI=1S/C15H26N2O/c1-12-6-8-15(11-18,9-7-12)17-14-5-3-2-4-13(14)10-16/h12-14,17-18H,2-9,11H2,1H3. The molecule has 2 aliphatic rings. The second-order valence-corrected chi connectivity index (χ2v) is 6.39. The van der Waals surface area contributed by atoms with Crippen molar-refractivity contribution in [1.82, 2.24) is 5.32 Å². The maximum absolute atomic E-state index is 9.77. The van der Waals surface area contributed by atoms with Crippen molar-refractivity contribution < 1.29 is 5.11 Å². The molecule has 3 nitrogen and oxygen atoms in total. The van der Waals surface area contributed by atoms with Crippen molar-refractivity contribution in [2.45, 2.75) is 69.9 Å². The average Bonchev–Trinajstić information content (AvgIpc) is 2.42. The number of rotatable bonds is 3. The van der Waals surface area contributed by atoms with Crippen molar-refractivity contribution in [3.63, 3.8) is 0 Å². The normalized spacial score (nSPS) is 41.3. The zero-order valence-corrected chi connectivity index (χ0v) is 11.5. The third kappa shape index (κ3) is 3.05. The van der Waals surface area contributed by atoms with Gasteiger partial charge < -0.3 is 10.4 Å². The summed E-state index contributed by atoms with van der Waals surface area (Å²) in [5.74, 6) is 0.922. The van der Waals surface area contributed by atoms with E-state index >= 15 is 0 Å². The first-order valence-electron chi connectivity index (χ1n) is 7.47. The first-order chi connectivity index (χ1) is 8.69. The Hall–Kier alpha value is -0.590. The second-order valence-electron chi connectivity index (χ2n) is 6.39. The van der Waals surface area contributed by atoms with Crippen molar-refractivity contribution in [3.8, 4) is 6.07 Å². The molecule has 0 bridgehead atoms. The van der Waals surface area contributed by atoms with E-state index in [2.05, 4.69) is 18.3 Å². The third-order valence-corrected chi connectivity index (χ3v) is 4.96. The van der Waals surface area contributed by atoms with Crippen LogP contribution in [0.5, 0.6) is 0 Å². The minimum absolute atomic E-state index is 0.108. The van der Waals surface area contributed by atoms with E-state index in [9.17, 15) is 10.4 Å². The Morgan fingerprint density at radius 1 is 1.22 bits per heavy atom. The van der Waals surface area contributed by atoms with E-state index in [1.54, 1.807) is 0 Å². The van der Waals surface area contributed by atoms with Gasteiger partial charge in [-0.05, 0) is 44.4 Å². The van der Waals surface area contributed by atoms with Gasteiger partial charge in [-0.3, -0.25) is 0 Å². The molecular formula is C15H26N2O. The number of aliphatic hydroxyl groups is 1. The number of nitriles is 1. The smallest absolute Gasteiger partial charge is 0.0672 e. The summed E-state index contributed by atoms with van der Waals surface area (Å²) < 4.78 is 0. The molecule has 18 heavy (non-hydrogen) atoms. The molecule has 2 N–H and O–H groups in total. The van der Waals surface area contributed by atoms with Crippen LogP contribution >= 0.6 is 0 Å². The molecule has 0 spiro atoms. The molecule has 2 unspecified atom stereocenters. The molecule has 102 valence electrons. The van der Waals surface area contributed by atoms with Crippen LogP contribution in [0.2, 0.25) is 0 Å². The fraction of sp³-hybridized carbons (Fsp3) is 0.933. The van der Waals surface area contributed by atoms with E-state index in [1.165, 1.54) is 25.7 Å². The van der Waals surface area contributed by atoms with Crippen molar-refractivity contribution >= 4 is 0 Å². The van der Waals surface area contributed by atoms with Gasteiger partial charge in [-0.15, -0.1) is 0 Å². The van der Waals surface area contributed by atoms with E-state index in [-0.39, 0.29) is 18.1 Å². The first kappa shape index (κ1) is 13.8. The van der Waals surface area contributed by atoms with Crippen molar-refractivity contribution in [2.75, 3.05) is 6.61 Å². The highest BCUT2D eigenvalue weighted by atomic mass is 16.3. The van der Waals surface area contributed by atoms with Gasteiger partial charge in [-0.25, -0.2) is 0 Å². The quantitative estimate of drug-likeness (QED) is 0.809. The Balaban J connectivity index is 1.98. The lowest BCUT2D eigenvalue weighted by molar-refractivity contribution is 0.0814. The van der Waals surface area contributed by atoms with E-state index in [0.717, 1.165) is 31.6 Å². The molecular weight excluding hydrogens is 224 g/mol. The number of nitrogens with one attached hydrogen (secondary N) is 1. The highest BCUT2D eigenvalue weighted by Gasteiger charge is 2.37. The van der Waals surface area contributed by atoms with Crippen LogP contribution in [-0.4, -0.2) is 23.3 Å². The first-order valence-corrected chi connectivity index (χ1v) is 7.47. The van der Waals surface area contributed by atoms with Crippen LogP contribution in [0.1, 0.15) is 58.3 Å². The summed E-state index contributed by atoms with van der Waals surface area (Å²) >= 11 is 0. The summed E-state index contributed by atoms with van der Waals surface area (Å²) in [6.07, 6.45) is 9.00. The fourth-order valence-corrected chi connectivity index (χ4v) is 3.51. The van der Waals surface area contributed by atoms with E-state index in [1.807, 2.05) is 0 Å². The van der Waals surface area contributed by atoms with E-state index in [4.69, 9.17) is 0 Å². The lowest BCUT2D eigenvalue weighted by Crippen LogP contribution is -2.57. The van der Waals surface area contributed by atoms with Crippen molar-refractivity contribution in [2.24, 2.45) is 11.8 Å². The number of hydrogen-bond acceptors (Lipinski definition) is 3. The lowest BCUT2D eigenvalue weighted by Gasteiger charge is -2.43. The molecule has 2 aliphatic carbocycles. The van der Waals surface area contributed by atoms with Crippen LogP contribution in [0, 0.1) is 23.2 Å². The van der Waals surface area contributed by atoms with Crippen molar-refractivity contribution in [1.29, 1.82) is 5.26 Å². The molecule has 0 heterocycles. The van der Waals surface area contributed by atoms with Gasteiger partial charge in [0.25, 0.3) is 0 Å². The average molecular weight is 250 g/mol. The molecule has 2 atom stereocenters. The molecule has 0 aromatic heterocycles. The molecule has 3 heteroatoms. The van der Waals surface area contributed by atoms with Gasteiger partial charge in [0.1, 0.15) is 0 Å². The largest absolute Gasteiger partial charge is 0.394 e. The molecule has 2 fully saturated rings. The minimum Gasteiger partial charge on any atom is -0.394 e. The van der Waals surface area contributed by atoms with Crippen molar-refractivity contribution in [3.05, 3.63) is 0 Å². The van der Waals surface area contributed by atoms with E-state index in [0.29, 0.717) is 6.04 Å². The van der Waals surface area contributed by atoms with Gasteiger partial charge in [-0.1, -0.05) is 19.8 Å². The Labute approximate surface area is 111 Å². The van der Waals surface area contributed by atoms with E-state index < -0.39 is 0 Å². The summed E-state index contributed by atoms with van der Waals surface area (Å²) in [4.78, 5) is 0. The predicted molar refractivity (Wildman–Crippen MR) is 71.9 cm³/mol. The maximum atomic E-state index is 9.77. The predicted octanol–water partition coefficient (Wildman–Crippen LogP) is 2.60. The highest BCUT2D eigenvalue weighted by Crippen LogP contribution is 2.34. The van der Waals surface area contributed by atoms with Gasteiger partial charge in [0.05, 0.1) is 18.6 Å². The van der Waals surface area contributed by atoms with Crippen LogP contribution in [0.25, 0.3) is 0 Å². The summed E-state index contributed by atoms with van der Waals surface area (Å²) in [5, 5.41) is 22.7. The van der Waals surface area contributed by atoms with Crippen LogP contribution < -0.4 is 5.32 Å². The topological polar surface area (TPSA) is 56.0 Å². The molecule has 2 saturated carbocycles. The van der Waals surface area contributed by atoms with Gasteiger partial charge in [0.15, 0.2) is 0 Å². The number of nitrogens with zero attached hydrogens (tertiary/aromatic N) is 1. The van der Waals surface area contributed by atoms with Crippen LogP contribution in [0.3, 0.4) is 0 Å². The third-order valence-electron chi connectivity index (χ3n) is 4.96. The summed E-state index contributed by atoms with van der Waals surface area (Å²) in [6, 6.07) is 2.75. The van der Waals surface area contributed by atoms with Crippen LogP contribution in [0.4, 0.5) is 0 Å². The summed E-state index contributed by atoms with van der Waals surface area (Å²) in [5.41, 5.74) is -0.108. The molecule has 0 aliphatic heterocycles. The maximum Gasteiger partial charge on any atom is 0.0672 e. The van der Waals surface area contributed by atoms with Gasteiger partial charge in [0.2, 0.25) is 0 Å². The zero-order valence-electron chi connectivity index (χ0n) is 11.5. The van der Waals surface area contributed by atoms with Gasteiger partial charge in [0, 0.05) is 11.6 Å². The Kier molecular flexibility index (Phi) is 4.64. The molecule has 2 rings (SSSR count). The second kappa shape index (κ2) is 6.04. The fourth-order valence-electron chi connectivity index (χ4n) is 3.51. The lowest BCUT2D eigenvalue weighted by atomic mass is 9.75. The number of aliphatic hydroxyl groups excluding tert-OH is 1. The summed E-state index contributed by atoms with van der Waals surface area (Å²) in [7, 11) is 0. The minimum atomic E-state index is -0.108. The van der Waals surface area contributed by atoms with Crippen LogP contribution in [-0.2, 0) is 0 Å². The molecule has 0 aromatic carbocycles. The molecule has 0 aromatic rings. The zero-order chi connectivity index (χ0) is 13.0. The SMILES string of the molecule is CC1CCC(CO)(NC2CCCCC2C#N)CC1. The monoisotopic (exact) mass is 250 g/mol. The Bertz CT molecular complexity index is 302. The Morgan fingerprint density at radius 2 is 1.89 bits per heavy atom. The Morgan fingerprint density at radius 3 is 2.50 bits per heavy atom.